The molecule has 94 valence electrons. The van der Waals surface area contributed by atoms with E-state index in [4.69, 9.17) is 0 Å². The predicted molar refractivity (Wildman–Crippen MR) is 57.4 cm³/mol. The molecule has 0 saturated carbocycles. The minimum Gasteiger partial charge on any atom is -0.767 e. The molecule has 2 unspecified atom stereocenters. The van der Waals surface area contributed by atoms with Gasteiger partial charge in [0, 0.05) is 28.4 Å². The van der Waals surface area contributed by atoms with E-state index in [1.54, 1.807) is 18.2 Å². The van der Waals surface area contributed by atoms with Gasteiger partial charge >= 0.3 is 0 Å². The van der Waals surface area contributed by atoms with Crippen LogP contribution in [0, 0.1) is 0 Å². The van der Waals surface area contributed by atoms with Crippen LogP contribution in [0.2, 0.25) is 0 Å². The lowest BCUT2D eigenvalue weighted by Crippen LogP contribution is -2.09. The summed E-state index contributed by atoms with van der Waals surface area (Å²) in [5, 5.41) is 5.44. The first kappa shape index (κ1) is 12.8. The van der Waals surface area contributed by atoms with E-state index >= 15 is 0 Å². The third kappa shape index (κ3) is 2.61. The molecule has 8 nitrogen and oxygen atoms in total. The van der Waals surface area contributed by atoms with E-state index in [1.807, 2.05) is 0 Å². The van der Waals surface area contributed by atoms with Gasteiger partial charge in [0.1, 0.15) is 5.69 Å². The quantitative estimate of drug-likeness (QED) is 0.683. The minimum atomic E-state index is -2.83. The Morgan fingerprint density at radius 2 is 1.72 bits per heavy atom. The van der Waals surface area contributed by atoms with Crippen LogP contribution in [-0.2, 0) is 22.2 Å². The molecule has 2 rings (SSSR count). The van der Waals surface area contributed by atoms with Gasteiger partial charge in [0.15, 0.2) is 10.1 Å². The lowest BCUT2D eigenvalue weighted by molar-refractivity contribution is 0.509. The Bertz CT molecular complexity index is 622. The highest BCUT2D eigenvalue weighted by Gasteiger charge is 2.12. The van der Waals surface area contributed by atoms with E-state index in [-0.39, 0.29) is 5.82 Å². The van der Waals surface area contributed by atoms with Crippen molar-refractivity contribution in [2.45, 2.75) is 10.1 Å². The molecule has 2 atom stereocenters. The Hall–Kier alpha value is -1.62. The average molecular weight is 284 g/mol. The SMILES string of the molecule is O=S([O-])c1nnc(-c2ccccn2)nc1S(=O)[O-]. The van der Waals surface area contributed by atoms with Crippen molar-refractivity contribution < 1.29 is 17.5 Å². The summed E-state index contributed by atoms with van der Waals surface area (Å²) in [4.78, 5) is 7.53. The molecule has 2 aromatic heterocycles. The lowest BCUT2D eigenvalue weighted by Gasteiger charge is -2.11. The van der Waals surface area contributed by atoms with Crippen LogP contribution in [0.25, 0.3) is 11.5 Å². The maximum atomic E-state index is 10.9. The van der Waals surface area contributed by atoms with E-state index in [2.05, 4.69) is 20.2 Å². The summed E-state index contributed by atoms with van der Waals surface area (Å²) in [6.07, 6.45) is 1.46. The summed E-state index contributed by atoms with van der Waals surface area (Å²) in [6, 6.07) is 4.85. The largest absolute Gasteiger partial charge is 0.767 e. The number of rotatable bonds is 3. The Kier molecular flexibility index (Phi) is 3.81. The fourth-order valence-corrected chi connectivity index (χ4v) is 2.17. The van der Waals surface area contributed by atoms with Crippen molar-refractivity contribution in [3.8, 4) is 11.5 Å². The summed E-state index contributed by atoms with van der Waals surface area (Å²) in [5.74, 6) is -0.0657. The van der Waals surface area contributed by atoms with Gasteiger partial charge in [-0.2, -0.15) is 0 Å². The van der Waals surface area contributed by atoms with Gasteiger partial charge < -0.3 is 9.11 Å². The molecule has 0 amide bonds. The van der Waals surface area contributed by atoms with E-state index in [0.717, 1.165) is 0 Å². The van der Waals surface area contributed by atoms with Crippen LogP contribution in [0.4, 0.5) is 0 Å². The fourth-order valence-electron chi connectivity index (χ4n) is 1.12. The number of pyridine rings is 1. The predicted octanol–water partition coefficient (Wildman–Crippen LogP) is -0.590. The maximum absolute atomic E-state index is 10.9. The molecule has 0 aromatic carbocycles. The minimum absolute atomic E-state index is 0.0657. The van der Waals surface area contributed by atoms with Gasteiger partial charge in [-0.3, -0.25) is 13.4 Å². The first-order valence-electron chi connectivity index (χ1n) is 4.44. The summed E-state index contributed by atoms with van der Waals surface area (Å²) >= 11 is -5.65. The van der Waals surface area contributed by atoms with Crippen LogP contribution in [0.5, 0.6) is 0 Å². The number of hydrogen-bond acceptors (Lipinski definition) is 8. The molecule has 18 heavy (non-hydrogen) atoms. The molecule has 0 spiro atoms. The molecule has 0 bridgehead atoms. The van der Waals surface area contributed by atoms with Crippen molar-refractivity contribution in [2.75, 3.05) is 0 Å². The Balaban J connectivity index is 2.57. The molecule has 0 aliphatic rings. The van der Waals surface area contributed by atoms with Gasteiger partial charge in [0.05, 0.1) is 0 Å². The van der Waals surface area contributed by atoms with Crippen molar-refractivity contribution >= 4 is 22.2 Å². The molecule has 0 fully saturated rings. The first-order chi connectivity index (χ1) is 8.59. The van der Waals surface area contributed by atoms with Gasteiger partial charge in [-0.25, -0.2) is 4.98 Å². The van der Waals surface area contributed by atoms with E-state index in [9.17, 15) is 17.5 Å². The Labute approximate surface area is 106 Å². The molecule has 0 N–H and O–H groups in total. The maximum Gasteiger partial charge on any atom is 0.201 e. The summed E-state index contributed by atoms with van der Waals surface area (Å²) in [6.45, 7) is 0. The van der Waals surface area contributed by atoms with Gasteiger partial charge in [-0.1, -0.05) is 6.07 Å². The Morgan fingerprint density at radius 3 is 2.28 bits per heavy atom. The fraction of sp³-hybridized carbons (Fsp3) is 0. The molecular formula is C8H4N4O4S2-2. The van der Waals surface area contributed by atoms with Gasteiger partial charge in [-0.05, 0) is 12.1 Å². The normalized spacial score (nSPS) is 14.1. The molecule has 10 heteroatoms. The molecule has 0 saturated heterocycles. The second-order valence-electron chi connectivity index (χ2n) is 2.93. The number of aromatic nitrogens is 4. The smallest absolute Gasteiger partial charge is 0.201 e. The van der Waals surface area contributed by atoms with Crippen LogP contribution in [0.3, 0.4) is 0 Å². The Morgan fingerprint density at radius 1 is 1.00 bits per heavy atom. The molecule has 0 aliphatic heterocycles. The lowest BCUT2D eigenvalue weighted by atomic mass is 10.3. The monoisotopic (exact) mass is 284 g/mol. The van der Waals surface area contributed by atoms with Crippen molar-refractivity contribution in [3.63, 3.8) is 0 Å². The van der Waals surface area contributed by atoms with Crippen molar-refractivity contribution in [2.24, 2.45) is 0 Å². The second-order valence-corrected chi connectivity index (χ2v) is 4.64. The molecule has 2 heterocycles. The molecule has 0 radical (unpaired) electrons. The second kappa shape index (κ2) is 5.35. The van der Waals surface area contributed by atoms with Gasteiger partial charge in [-0.15, -0.1) is 10.2 Å². The van der Waals surface area contributed by atoms with Crippen molar-refractivity contribution in [1.82, 2.24) is 20.2 Å². The summed E-state index contributed by atoms with van der Waals surface area (Å²) < 4.78 is 43.3. The van der Waals surface area contributed by atoms with Crippen molar-refractivity contribution in [1.29, 1.82) is 0 Å². The van der Waals surface area contributed by atoms with Crippen LogP contribution in [0.1, 0.15) is 0 Å². The van der Waals surface area contributed by atoms with Crippen LogP contribution >= 0.6 is 0 Å². The summed E-state index contributed by atoms with van der Waals surface area (Å²) in [5.41, 5.74) is 0.292. The summed E-state index contributed by atoms with van der Waals surface area (Å²) in [7, 11) is 0. The molecule has 2 aromatic rings. The standard InChI is InChI=1S/C8H6N4O4S2/c13-17(14)7-8(18(15)16)12-11-6(10-7)5-3-1-2-4-9-5/h1-4H,(H,13,14)(H,15,16)/p-2. The highest BCUT2D eigenvalue weighted by atomic mass is 32.2. The third-order valence-electron chi connectivity index (χ3n) is 1.84. The number of nitrogens with zero attached hydrogens (tertiary/aromatic N) is 4. The average Bonchev–Trinajstić information content (AvgIpc) is 2.39. The van der Waals surface area contributed by atoms with E-state index in [0.29, 0.717) is 5.69 Å². The molecular weight excluding hydrogens is 280 g/mol. The topological polar surface area (TPSA) is 132 Å². The van der Waals surface area contributed by atoms with E-state index < -0.39 is 32.2 Å². The van der Waals surface area contributed by atoms with Gasteiger partial charge in [0.2, 0.25) is 5.82 Å². The van der Waals surface area contributed by atoms with Crippen LogP contribution in [0.15, 0.2) is 34.4 Å². The van der Waals surface area contributed by atoms with Crippen LogP contribution in [-0.4, -0.2) is 37.7 Å². The third-order valence-corrected chi connectivity index (χ3v) is 3.16. The van der Waals surface area contributed by atoms with Crippen molar-refractivity contribution in [3.05, 3.63) is 24.4 Å². The highest BCUT2D eigenvalue weighted by molar-refractivity contribution is 7.82. The zero-order chi connectivity index (χ0) is 13.1. The highest BCUT2D eigenvalue weighted by Crippen LogP contribution is 2.15. The van der Waals surface area contributed by atoms with E-state index in [1.165, 1.54) is 6.20 Å². The first-order valence-corrected chi connectivity index (χ1v) is 6.59. The van der Waals surface area contributed by atoms with Gasteiger partial charge in [0.25, 0.3) is 0 Å². The van der Waals surface area contributed by atoms with Crippen LogP contribution < -0.4 is 0 Å². The number of hydrogen-bond donors (Lipinski definition) is 0. The zero-order valence-corrected chi connectivity index (χ0v) is 10.2. The zero-order valence-electron chi connectivity index (χ0n) is 8.55. The molecule has 0 aliphatic carbocycles.